The summed E-state index contributed by atoms with van der Waals surface area (Å²) in [5.41, 5.74) is 1.34. The van der Waals surface area contributed by atoms with Gasteiger partial charge in [-0.05, 0) is 46.1 Å². The average Bonchev–Trinajstić information content (AvgIpc) is 2.24. The Bertz CT molecular complexity index is 441. The zero-order valence-electron chi connectivity index (χ0n) is 11.2. The van der Waals surface area contributed by atoms with Crippen molar-refractivity contribution >= 4 is 34.0 Å². The average molecular weight is 362 g/mol. The third kappa shape index (κ3) is 4.12. The van der Waals surface area contributed by atoms with Crippen LogP contribution in [0.1, 0.15) is 27.7 Å². The predicted molar refractivity (Wildman–Crippen MR) is 82.9 cm³/mol. The Labute approximate surface area is 121 Å². The fourth-order valence-electron chi connectivity index (χ4n) is 1.34. The Balaban J connectivity index is 2.70. The summed E-state index contributed by atoms with van der Waals surface area (Å²) in [6.45, 7) is 9.68. The van der Waals surface area contributed by atoms with Crippen molar-refractivity contribution in [2.75, 3.05) is 11.9 Å². The molecular weight excluding hydrogens is 343 g/mol. The van der Waals surface area contributed by atoms with E-state index in [0.717, 1.165) is 12.2 Å². The summed E-state index contributed by atoms with van der Waals surface area (Å²) in [5, 5.41) is 14.0. The Morgan fingerprint density at radius 2 is 2.06 bits per heavy atom. The topological polar surface area (TPSA) is 55.2 Å². The molecule has 1 aromatic rings. The van der Waals surface area contributed by atoms with Crippen LogP contribution in [-0.4, -0.2) is 11.5 Å². The van der Waals surface area contributed by atoms with E-state index in [4.69, 9.17) is 0 Å². The zero-order chi connectivity index (χ0) is 13.9. The van der Waals surface area contributed by atoms with Crippen LogP contribution in [0.3, 0.4) is 0 Å². The number of rotatable bonds is 4. The lowest BCUT2D eigenvalue weighted by Crippen LogP contribution is -2.24. The van der Waals surface area contributed by atoms with Gasteiger partial charge in [-0.15, -0.1) is 0 Å². The fourth-order valence-corrected chi connectivity index (χ4v) is 2.05. The molecular formula is C13H19IN2O2. The molecule has 1 rings (SSSR count). The normalized spacial score (nSPS) is 13.2. The van der Waals surface area contributed by atoms with Gasteiger partial charge in [0, 0.05) is 18.3 Å². The van der Waals surface area contributed by atoms with Gasteiger partial charge >= 0.3 is 0 Å². The van der Waals surface area contributed by atoms with Crippen molar-refractivity contribution in [2.24, 2.45) is 11.3 Å². The third-order valence-corrected chi connectivity index (χ3v) is 4.10. The molecule has 0 aliphatic carbocycles. The van der Waals surface area contributed by atoms with E-state index in [-0.39, 0.29) is 16.0 Å². The molecule has 0 amide bonds. The number of hydrogen-bond donors (Lipinski definition) is 1. The first kappa shape index (κ1) is 15.2. The molecule has 0 aliphatic heterocycles. The van der Waals surface area contributed by atoms with Gasteiger partial charge < -0.3 is 5.32 Å². The van der Waals surface area contributed by atoms with Gasteiger partial charge in [0.25, 0.3) is 5.69 Å². The number of nitrogens with zero attached hydrogens (tertiary/aromatic N) is 1. The Hall–Kier alpha value is -0.850. The van der Waals surface area contributed by atoms with Gasteiger partial charge in [0.15, 0.2) is 0 Å². The van der Waals surface area contributed by atoms with Crippen LogP contribution in [0, 0.1) is 25.0 Å². The molecule has 0 saturated carbocycles. The molecule has 1 unspecified atom stereocenters. The SMILES string of the molecule is CC(CNc1ccc([N+](=O)[O-])c(I)c1)C(C)(C)C. The van der Waals surface area contributed by atoms with E-state index in [9.17, 15) is 10.1 Å². The van der Waals surface area contributed by atoms with Crippen LogP contribution in [0.25, 0.3) is 0 Å². The molecule has 0 aromatic heterocycles. The molecule has 5 heteroatoms. The first-order valence-corrected chi connectivity index (χ1v) is 6.97. The quantitative estimate of drug-likeness (QED) is 0.494. The maximum absolute atomic E-state index is 10.7. The minimum absolute atomic E-state index is 0.157. The summed E-state index contributed by atoms with van der Waals surface area (Å²) >= 11 is 1.99. The van der Waals surface area contributed by atoms with E-state index >= 15 is 0 Å². The first-order valence-electron chi connectivity index (χ1n) is 5.89. The number of nitrogens with one attached hydrogen (secondary N) is 1. The van der Waals surface area contributed by atoms with Crippen LogP contribution in [0.5, 0.6) is 0 Å². The van der Waals surface area contributed by atoms with Crippen LogP contribution < -0.4 is 5.32 Å². The van der Waals surface area contributed by atoms with Crippen molar-refractivity contribution in [3.8, 4) is 0 Å². The second-order valence-electron chi connectivity index (χ2n) is 5.57. The Kier molecular flexibility index (Phi) is 4.95. The fraction of sp³-hybridized carbons (Fsp3) is 0.538. The van der Waals surface area contributed by atoms with Crippen molar-refractivity contribution in [1.82, 2.24) is 0 Å². The first-order chi connectivity index (χ1) is 8.21. The molecule has 100 valence electrons. The summed E-state index contributed by atoms with van der Waals surface area (Å²) in [6, 6.07) is 5.12. The van der Waals surface area contributed by atoms with Crippen molar-refractivity contribution in [2.45, 2.75) is 27.7 Å². The van der Waals surface area contributed by atoms with E-state index in [1.165, 1.54) is 0 Å². The molecule has 0 radical (unpaired) electrons. The number of nitro benzene ring substituents is 1. The van der Waals surface area contributed by atoms with Crippen LogP contribution in [-0.2, 0) is 0 Å². The molecule has 0 fully saturated rings. The molecule has 0 spiro atoms. The highest BCUT2D eigenvalue weighted by molar-refractivity contribution is 14.1. The summed E-state index contributed by atoms with van der Waals surface area (Å²) in [6.07, 6.45) is 0. The molecule has 0 aliphatic rings. The summed E-state index contributed by atoms with van der Waals surface area (Å²) in [4.78, 5) is 10.4. The van der Waals surface area contributed by atoms with E-state index in [1.54, 1.807) is 12.1 Å². The van der Waals surface area contributed by atoms with Crippen LogP contribution >= 0.6 is 22.6 Å². The van der Waals surface area contributed by atoms with Crippen molar-refractivity contribution in [1.29, 1.82) is 0 Å². The molecule has 0 saturated heterocycles. The van der Waals surface area contributed by atoms with Crippen LogP contribution in [0.2, 0.25) is 0 Å². The second kappa shape index (κ2) is 5.86. The highest BCUT2D eigenvalue weighted by atomic mass is 127. The van der Waals surface area contributed by atoms with E-state index in [0.29, 0.717) is 9.49 Å². The lowest BCUT2D eigenvalue weighted by atomic mass is 9.82. The molecule has 18 heavy (non-hydrogen) atoms. The minimum atomic E-state index is -0.358. The summed E-state index contributed by atoms with van der Waals surface area (Å²) < 4.78 is 0.658. The van der Waals surface area contributed by atoms with Gasteiger partial charge in [0.1, 0.15) is 0 Å². The van der Waals surface area contributed by atoms with Crippen molar-refractivity contribution in [3.05, 3.63) is 31.9 Å². The molecule has 4 nitrogen and oxygen atoms in total. The maximum Gasteiger partial charge on any atom is 0.282 e. The van der Waals surface area contributed by atoms with Crippen LogP contribution in [0.4, 0.5) is 11.4 Å². The number of hydrogen-bond acceptors (Lipinski definition) is 3. The third-order valence-electron chi connectivity index (χ3n) is 3.24. The van der Waals surface area contributed by atoms with E-state index in [1.807, 2.05) is 28.7 Å². The second-order valence-corrected chi connectivity index (χ2v) is 6.73. The van der Waals surface area contributed by atoms with Gasteiger partial charge in [0.05, 0.1) is 8.49 Å². The van der Waals surface area contributed by atoms with Gasteiger partial charge in [-0.3, -0.25) is 10.1 Å². The summed E-state index contributed by atoms with van der Waals surface area (Å²) in [7, 11) is 0. The maximum atomic E-state index is 10.7. The number of benzene rings is 1. The molecule has 0 bridgehead atoms. The summed E-state index contributed by atoms with van der Waals surface area (Å²) in [5.74, 6) is 0.519. The monoisotopic (exact) mass is 362 g/mol. The van der Waals surface area contributed by atoms with Gasteiger partial charge in [-0.25, -0.2) is 0 Å². The largest absolute Gasteiger partial charge is 0.385 e. The van der Waals surface area contributed by atoms with Crippen molar-refractivity contribution in [3.63, 3.8) is 0 Å². The van der Waals surface area contributed by atoms with E-state index in [2.05, 4.69) is 33.0 Å². The molecule has 1 atom stereocenters. The Morgan fingerprint density at radius 1 is 1.44 bits per heavy atom. The number of halogens is 1. The number of anilines is 1. The minimum Gasteiger partial charge on any atom is -0.385 e. The Morgan fingerprint density at radius 3 is 2.50 bits per heavy atom. The highest BCUT2D eigenvalue weighted by Gasteiger charge is 2.19. The predicted octanol–water partition coefficient (Wildman–Crippen LogP) is 4.29. The zero-order valence-corrected chi connectivity index (χ0v) is 13.3. The van der Waals surface area contributed by atoms with Gasteiger partial charge in [0.2, 0.25) is 0 Å². The molecule has 1 N–H and O–H groups in total. The number of nitro groups is 1. The standard InChI is InChI=1S/C13H19IN2O2/c1-9(13(2,3)4)8-15-10-5-6-12(16(17)18)11(14)7-10/h5-7,9,15H,8H2,1-4H3. The van der Waals surface area contributed by atoms with E-state index < -0.39 is 0 Å². The van der Waals surface area contributed by atoms with Gasteiger partial charge in [-0.2, -0.15) is 0 Å². The van der Waals surface area contributed by atoms with Crippen LogP contribution in [0.15, 0.2) is 18.2 Å². The highest BCUT2D eigenvalue weighted by Crippen LogP contribution is 2.27. The molecule has 1 aromatic carbocycles. The van der Waals surface area contributed by atoms with Gasteiger partial charge in [-0.1, -0.05) is 27.7 Å². The lowest BCUT2D eigenvalue weighted by Gasteiger charge is -2.27. The molecule has 0 heterocycles. The lowest BCUT2D eigenvalue weighted by molar-refractivity contribution is -0.385. The smallest absolute Gasteiger partial charge is 0.282 e. The van der Waals surface area contributed by atoms with Crippen molar-refractivity contribution < 1.29 is 4.92 Å².